The first-order chi connectivity index (χ1) is 9.65. The van der Waals surface area contributed by atoms with Crippen LogP contribution in [-0.4, -0.2) is 10.1 Å². The zero-order chi connectivity index (χ0) is 14.1. The quantitative estimate of drug-likeness (QED) is 0.774. The van der Waals surface area contributed by atoms with Crippen LogP contribution in [0.5, 0.6) is 5.75 Å². The Morgan fingerprint density at radius 3 is 2.85 bits per heavy atom. The van der Waals surface area contributed by atoms with E-state index in [1.54, 1.807) is 12.3 Å². The predicted molar refractivity (Wildman–Crippen MR) is 78.0 cm³/mol. The van der Waals surface area contributed by atoms with E-state index in [-0.39, 0.29) is 0 Å². The summed E-state index contributed by atoms with van der Waals surface area (Å²) in [4.78, 5) is 3.48. The second-order valence-electron chi connectivity index (χ2n) is 5.31. The summed E-state index contributed by atoms with van der Waals surface area (Å²) in [6.07, 6.45) is 1.55. The number of H-pyrrole nitrogens is 1. The van der Waals surface area contributed by atoms with Gasteiger partial charge in [-0.05, 0) is 30.5 Å². The van der Waals surface area contributed by atoms with Crippen molar-refractivity contribution < 1.29 is 9.26 Å². The third-order valence-corrected chi connectivity index (χ3v) is 3.52. The molecular weight excluding hydrogens is 252 g/mol. The minimum atomic E-state index is 0.415. The van der Waals surface area contributed by atoms with Crippen molar-refractivity contribution in [3.8, 4) is 5.75 Å². The largest absolute Gasteiger partial charge is 0.487 e. The zero-order valence-corrected chi connectivity index (χ0v) is 11.9. The molecule has 0 fully saturated rings. The molecule has 104 valence electrons. The zero-order valence-electron chi connectivity index (χ0n) is 11.9. The molecule has 4 heteroatoms. The lowest BCUT2D eigenvalue weighted by molar-refractivity contribution is 0.289. The number of ether oxygens (including phenoxy) is 1. The van der Waals surface area contributed by atoms with Crippen LogP contribution in [0.3, 0.4) is 0 Å². The number of nitrogens with zero attached hydrogens (tertiary/aromatic N) is 1. The third-order valence-electron chi connectivity index (χ3n) is 3.52. The van der Waals surface area contributed by atoms with Crippen LogP contribution in [0.2, 0.25) is 0 Å². The van der Waals surface area contributed by atoms with Gasteiger partial charge in [-0.2, -0.15) is 0 Å². The van der Waals surface area contributed by atoms with E-state index in [0.717, 1.165) is 17.0 Å². The molecule has 3 rings (SSSR count). The van der Waals surface area contributed by atoms with E-state index in [2.05, 4.69) is 37.0 Å². The molecule has 0 radical (unpaired) electrons. The molecule has 0 aliphatic carbocycles. The van der Waals surface area contributed by atoms with Gasteiger partial charge in [0.2, 0.25) is 0 Å². The average molecular weight is 270 g/mol. The first-order valence-corrected chi connectivity index (χ1v) is 6.79. The maximum atomic E-state index is 5.73. The van der Waals surface area contributed by atoms with Gasteiger partial charge in [0.1, 0.15) is 24.3 Å². The van der Waals surface area contributed by atoms with Crippen molar-refractivity contribution in [1.82, 2.24) is 10.1 Å². The first kappa shape index (κ1) is 12.8. The molecule has 0 unspecified atom stereocenters. The maximum Gasteiger partial charge on any atom is 0.134 e. The SMILES string of the molecule is Cc1c(C(C)C)[nH]c2cc(OCc3ccon3)ccc12. The molecule has 20 heavy (non-hydrogen) atoms. The summed E-state index contributed by atoms with van der Waals surface area (Å²) in [5, 5.41) is 5.08. The van der Waals surface area contributed by atoms with Crippen LogP contribution in [0.25, 0.3) is 10.9 Å². The fourth-order valence-electron chi connectivity index (χ4n) is 2.47. The fourth-order valence-corrected chi connectivity index (χ4v) is 2.47. The topological polar surface area (TPSA) is 51.0 Å². The molecule has 0 saturated heterocycles. The Morgan fingerprint density at radius 2 is 2.15 bits per heavy atom. The van der Waals surface area contributed by atoms with E-state index in [0.29, 0.717) is 12.5 Å². The van der Waals surface area contributed by atoms with Gasteiger partial charge in [-0.15, -0.1) is 0 Å². The lowest BCUT2D eigenvalue weighted by Crippen LogP contribution is -1.95. The summed E-state index contributed by atoms with van der Waals surface area (Å²) in [5.41, 5.74) is 4.51. The summed E-state index contributed by atoms with van der Waals surface area (Å²) < 4.78 is 10.5. The smallest absolute Gasteiger partial charge is 0.134 e. The van der Waals surface area contributed by atoms with Crippen LogP contribution in [0.15, 0.2) is 35.1 Å². The van der Waals surface area contributed by atoms with Gasteiger partial charge < -0.3 is 14.2 Å². The summed E-state index contributed by atoms with van der Waals surface area (Å²) >= 11 is 0. The van der Waals surface area contributed by atoms with Gasteiger partial charge in [-0.3, -0.25) is 0 Å². The summed E-state index contributed by atoms with van der Waals surface area (Å²) in [6, 6.07) is 7.93. The Hall–Kier alpha value is -2.23. The highest BCUT2D eigenvalue weighted by molar-refractivity contribution is 5.85. The van der Waals surface area contributed by atoms with E-state index in [1.165, 1.54) is 16.6 Å². The minimum Gasteiger partial charge on any atom is -0.487 e. The Labute approximate surface area is 117 Å². The standard InChI is InChI=1S/C16H18N2O2/c1-10(2)16-11(3)14-5-4-13(8-15(14)17-16)19-9-12-6-7-20-18-12/h4-8,10,17H,9H2,1-3H3. The van der Waals surface area contributed by atoms with Crippen LogP contribution < -0.4 is 4.74 Å². The van der Waals surface area contributed by atoms with E-state index < -0.39 is 0 Å². The first-order valence-electron chi connectivity index (χ1n) is 6.79. The average Bonchev–Trinajstić information content (AvgIpc) is 3.04. The number of fused-ring (bicyclic) bond motifs is 1. The maximum absolute atomic E-state index is 5.73. The predicted octanol–water partition coefficient (Wildman–Crippen LogP) is 4.17. The second-order valence-corrected chi connectivity index (χ2v) is 5.31. The highest BCUT2D eigenvalue weighted by Crippen LogP contribution is 2.29. The van der Waals surface area contributed by atoms with Gasteiger partial charge >= 0.3 is 0 Å². The second kappa shape index (κ2) is 5.04. The Morgan fingerprint density at radius 1 is 1.30 bits per heavy atom. The molecule has 0 atom stereocenters. The molecule has 0 aliphatic heterocycles. The lowest BCUT2D eigenvalue weighted by atomic mass is 10.1. The molecule has 1 N–H and O–H groups in total. The highest BCUT2D eigenvalue weighted by Gasteiger charge is 2.11. The number of hydrogen-bond donors (Lipinski definition) is 1. The normalized spacial score (nSPS) is 11.4. The van der Waals surface area contributed by atoms with Crippen molar-refractivity contribution in [3.05, 3.63) is 47.5 Å². The molecule has 0 aliphatic rings. The number of nitrogens with one attached hydrogen (secondary N) is 1. The molecule has 2 heterocycles. The highest BCUT2D eigenvalue weighted by atomic mass is 16.5. The number of aromatic nitrogens is 2. The monoisotopic (exact) mass is 270 g/mol. The van der Waals surface area contributed by atoms with E-state index in [4.69, 9.17) is 9.26 Å². The van der Waals surface area contributed by atoms with Crippen molar-refractivity contribution in [1.29, 1.82) is 0 Å². The molecule has 0 spiro atoms. The Balaban J connectivity index is 1.87. The van der Waals surface area contributed by atoms with Crippen LogP contribution in [0.1, 0.15) is 36.7 Å². The molecular formula is C16H18N2O2. The third kappa shape index (κ3) is 2.29. The molecule has 0 amide bonds. The number of aromatic amines is 1. The van der Waals surface area contributed by atoms with Crippen molar-refractivity contribution in [2.45, 2.75) is 33.3 Å². The fraction of sp³-hybridized carbons (Fsp3) is 0.312. The minimum absolute atomic E-state index is 0.415. The van der Waals surface area contributed by atoms with Gasteiger partial charge in [0.25, 0.3) is 0 Å². The number of hydrogen-bond acceptors (Lipinski definition) is 3. The molecule has 3 aromatic rings. The molecule has 1 aromatic carbocycles. The molecule has 4 nitrogen and oxygen atoms in total. The van der Waals surface area contributed by atoms with Gasteiger partial charge in [-0.25, -0.2) is 0 Å². The van der Waals surface area contributed by atoms with Gasteiger partial charge in [-0.1, -0.05) is 19.0 Å². The van der Waals surface area contributed by atoms with Crippen molar-refractivity contribution in [2.24, 2.45) is 0 Å². The summed E-state index contributed by atoms with van der Waals surface area (Å²) in [7, 11) is 0. The van der Waals surface area contributed by atoms with Crippen LogP contribution in [0.4, 0.5) is 0 Å². The van der Waals surface area contributed by atoms with E-state index in [1.807, 2.05) is 12.1 Å². The van der Waals surface area contributed by atoms with Crippen molar-refractivity contribution in [2.75, 3.05) is 0 Å². The number of rotatable bonds is 4. The lowest BCUT2D eigenvalue weighted by Gasteiger charge is -2.03. The molecule has 2 aromatic heterocycles. The van der Waals surface area contributed by atoms with Crippen LogP contribution >= 0.6 is 0 Å². The van der Waals surface area contributed by atoms with Gasteiger partial charge in [0.15, 0.2) is 0 Å². The summed E-state index contributed by atoms with van der Waals surface area (Å²) in [6.45, 7) is 6.96. The number of benzene rings is 1. The van der Waals surface area contributed by atoms with E-state index >= 15 is 0 Å². The Bertz CT molecular complexity index is 711. The number of aryl methyl sites for hydroxylation is 1. The van der Waals surface area contributed by atoms with Gasteiger partial charge in [0, 0.05) is 28.7 Å². The van der Waals surface area contributed by atoms with E-state index in [9.17, 15) is 0 Å². The van der Waals surface area contributed by atoms with Crippen molar-refractivity contribution >= 4 is 10.9 Å². The summed E-state index contributed by atoms with van der Waals surface area (Å²) in [5.74, 6) is 1.32. The van der Waals surface area contributed by atoms with Crippen molar-refractivity contribution in [3.63, 3.8) is 0 Å². The van der Waals surface area contributed by atoms with Crippen LogP contribution in [0, 0.1) is 6.92 Å². The van der Waals surface area contributed by atoms with Gasteiger partial charge in [0.05, 0.1) is 0 Å². The van der Waals surface area contributed by atoms with Crippen LogP contribution in [-0.2, 0) is 6.61 Å². The Kier molecular flexibility index (Phi) is 3.22. The molecule has 0 bridgehead atoms. The molecule has 0 saturated carbocycles.